The van der Waals surface area contributed by atoms with E-state index in [1.807, 2.05) is 0 Å². The van der Waals surface area contributed by atoms with E-state index in [1.54, 1.807) is 24.3 Å². The summed E-state index contributed by atoms with van der Waals surface area (Å²) in [6, 6.07) is 6.87. The number of hydrazone groups is 1. The zero-order chi connectivity index (χ0) is 18.8. The molecule has 1 fully saturated rings. The number of esters is 1. The fourth-order valence-corrected chi connectivity index (χ4v) is 2.83. The molecule has 0 aliphatic heterocycles. The molecule has 2 amide bonds. The van der Waals surface area contributed by atoms with E-state index in [9.17, 15) is 14.4 Å². The first kappa shape index (κ1) is 19.6. The normalized spacial score (nSPS) is 14.8. The number of rotatable bonds is 7. The van der Waals surface area contributed by atoms with Crippen molar-refractivity contribution in [3.05, 3.63) is 35.4 Å². The van der Waals surface area contributed by atoms with E-state index in [0.29, 0.717) is 5.56 Å². The Balaban J connectivity index is 1.68. The van der Waals surface area contributed by atoms with Crippen LogP contribution >= 0.6 is 0 Å². The molecule has 2 N–H and O–H groups in total. The molecule has 2 rings (SSSR count). The van der Waals surface area contributed by atoms with Gasteiger partial charge in [0, 0.05) is 18.9 Å². The van der Waals surface area contributed by atoms with Crippen molar-refractivity contribution in [3.63, 3.8) is 0 Å². The van der Waals surface area contributed by atoms with E-state index in [4.69, 9.17) is 0 Å². The third kappa shape index (κ3) is 6.66. The van der Waals surface area contributed by atoms with Crippen molar-refractivity contribution in [2.45, 2.75) is 51.0 Å². The predicted molar refractivity (Wildman–Crippen MR) is 97.8 cm³/mol. The van der Waals surface area contributed by atoms with Crippen LogP contribution in [-0.2, 0) is 14.3 Å². The molecule has 0 radical (unpaired) electrons. The summed E-state index contributed by atoms with van der Waals surface area (Å²) in [5, 5.41) is 6.84. The topological polar surface area (TPSA) is 96.9 Å². The van der Waals surface area contributed by atoms with Crippen LogP contribution in [0.25, 0.3) is 0 Å². The van der Waals surface area contributed by atoms with Crippen LogP contribution in [0.5, 0.6) is 0 Å². The Morgan fingerprint density at radius 1 is 1.08 bits per heavy atom. The summed E-state index contributed by atoms with van der Waals surface area (Å²) >= 11 is 0. The van der Waals surface area contributed by atoms with Gasteiger partial charge in [0.25, 0.3) is 0 Å². The number of methoxy groups -OCH3 is 1. The summed E-state index contributed by atoms with van der Waals surface area (Å²) in [6.07, 6.45) is 7.32. The van der Waals surface area contributed by atoms with Gasteiger partial charge < -0.3 is 10.1 Å². The minimum Gasteiger partial charge on any atom is -0.465 e. The maximum atomic E-state index is 11.9. The third-order valence-corrected chi connectivity index (χ3v) is 4.28. The molecule has 7 nitrogen and oxygen atoms in total. The fourth-order valence-electron chi connectivity index (χ4n) is 2.83. The lowest BCUT2D eigenvalue weighted by atomic mass is 9.95. The van der Waals surface area contributed by atoms with Crippen molar-refractivity contribution in [1.29, 1.82) is 0 Å². The molecule has 140 valence electrons. The van der Waals surface area contributed by atoms with E-state index >= 15 is 0 Å². The summed E-state index contributed by atoms with van der Waals surface area (Å²) in [7, 11) is 1.32. The molecule has 7 heteroatoms. The number of nitrogens with one attached hydrogen (secondary N) is 2. The lowest BCUT2D eigenvalue weighted by molar-refractivity contribution is -0.126. The summed E-state index contributed by atoms with van der Waals surface area (Å²) in [6.45, 7) is 0. The molecule has 1 aliphatic carbocycles. The molecule has 0 spiro atoms. The average molecular weight is 359 g/mol. The van der Waals surface area contributed by atoms with Gasteiger partial charge in [0.2, 0.25) is 11.8 Å². The number of carbonyl (C=O) groups is 3. The quantitative estimate of drug-likeness (QED) is 0.443. The van der Waals surface area contributed by atoms with Gasteiger partial charge in [0.1, 0.15) is 0 Å². The smallest absolute Gasteiger partial charge is 0.337 e. The number of hydrogen-bond acceptors (Lipinski definition) is 5. The van der Waals surface area contributed by atoms with Crippen LogP contribution in [0.4, 0.5) is 0 Å². The van der Waals surface area contributed by atoms with Gasteiger partial charge in [-0.25, -0.2) is 10.2 Å². The van der Waals surface area contributed by atoms with E-state index in [2.05, 4.69) is 20.6 Å². The average Bonchev–Trinajstić information content (AvgIpc) is 2.67. The number of hydrogen-bond donors (Lipinski definition) is 2. The molecule has 0 aromatic heterocycles. The standard InChI is InChI=1S/C19H25N3O4/c1-26-19(25)15-9-7-14(8-10-15)13-20-22-18(24)12-11-17(23)21-16-5-3-2-4-6-16/h7-10,13,16H,2-6,11-12H2,1H3,(H,21,23)(H,22,24). The van der Waals surface area contributed by atoms with E-state index in [0.717, 1.165) is 31.2 Å². The van der Waals surface area contributed by atoms with Crippen LogP contribution in [0.2, 0.25) is 0 Å². The SMILES string of the molecule is COC(=O)c1ccc(C=NNC(=O)CCC(=O)NC2CCCCC2)cc1. The number of nitrogens with zero attached hydrogens (tertiary/aromatic N) is 1. The summed E-state index contributed by atoms with van der Waals surface area (Å²) < 4.78 is 4.62. The number of benzene rings is 1. The highest BCUT2D eigenvalue weighted by Gasteiger charge is 2.16. The highest BCUT2D eigenvalue weighted by atomic mass is 16.5. The number of amides is 2. The zero-order valence-electron chi connectivity index (χ0n) is 15.0. The molecule has 26 heavy (non-hydrogen) atoms. The zero-order valence-corrected chi connectivity index (χ0v) is 15.0. The van der Waals surface area contributed by atoms with Gasteiger partial charge in [-0.2, -0.15) is 5.10 Å². The van der Waals surface area contributed by atoms with Gasteiger partial charge in [-0.05, 0) is 30.5 Å². The van der Waals surface area contributed by atoms with Gasteiger partial charge >= 0.3 is 5.97 Å². The maximum Gasteiger partial charge on any atom is 0.337 e. The molecule has 0 bridgehead atoms. The maximum absolute atomic E-state index is 11.9. The molecular weight excluding hydrogens is 334 g/mol. The summed E-state index contributed by atoms with van der Waals surface area (Å²) in [5.74, 6) is -0.811. The van der Waals surface area contributed by atoms with Crippen LogP contribution in [0.15, 0.2) is 29.4 Å². The molecule has 0 unspecified atom stereocenters. The largest absolute Gasteiger partial charge is 0.465 e. The first-order valence-corrected chi connectivity index (χ1v) is 8.88. The first-order chi connectivity index (χ1) is 12.6. The number of carbonyl (C=O) groups excluding carboxylic acids is 3. The first-order valence-electron chi connectivity index (χ1n) is 8.88. The minimum absolute atomic E-state index is 0.0885. The Hall–Kier alpha value is -2.70. The van der Waals surface area contributed by atoms with E-state index in [1.165, 1.54) is 19.7 Å². The highest BCUT2D eigenvalue weighted by Crippen LogP contribution is 2.17. The minimum atomic E-state index is -0.409. The Morgan fingerprint density at radius 3 is 2.38 bits per heavy atom. The van der Waals surface area contributed by atoms with Gasteiger partial charge in [-0.15, -0.1) is 0 Å². The van der Waals surface area contributed by atoms with Crippen molar-refractivity contribution in [3.8, 4) is 0 Å². The van der Waals surface area contributed by atoms with Crippen molar-refractivity contribution in [1.82, 2.24) is 10.7 Å². The predicted octanol–water partition coefficient (Wildman–Crippen LogP) is 2.15. The van der Waals surface area contributed by atoms with Crippen molar-refractivity contribution in [2.75, 3.05) is 7.11 Å². The Bertz CT molecular complexity index is 649. The van der Waals surface area contributed by atoms with E-state index < -0.39 is 5.97 Å². The molecule has 0 heterocycles. The molecule has 0 atom stereocenters. The molecule has 1 aromatic rings. The molecule has 1 aliphatic rings. The second kappa shape index (κ2) is 10.3. The van der Waals surface area contributed by atoms with Crippen LogP contribution < -0.4 is 10.7 Å². The Kier molecular flexibility index (Phi) is 7.79. The van der Waals surface area contributed by atoms with Crippen molar-refractivity contribution < 1.29 is 19.1 Å². The fraction of sp³-hybridized carbons (Fsp3) is 0.474. The summed E-state index contributed by atoms with van der Waals surface area (Å²) in [5.41, 5.74) is 3.57. The molecule has 0 saturated heterocycles. The van der Waals surface area contributed by atoms with Crippen molar-refractivity contribution >= 4 is 24.0 Å². The second-order valence-corrected chi connectivity index (χ2v) is 6.31. The third-order valence-electron chi connectivity index (χ3n) is 4.28. The van der Waals surface area contributed by atoms with Crippen molar-refractivity contribution in [2.24, 2.45) is 5.10 Å². The highest BCUT2D eigenvalue weighted by molar-refractivity contribution is 5.91. The van der Waals surface area contributed by atoms with Crippen LogP contribution in [0.3, 0.4) is 0 Å². The van der Waals surface area contributed by atoms with E-state index in [-0.39, 0.29) is 30.7 Å². The van der Waals surface area contributed by atoms with Crippen LogP contribution in [0, 0.1) is 0 Å². The lowest BCUT2D eigenvalue weighted by Crippen LogP contribution is -2.36. The Labute approximate surface area is 153 Å². The van der Waals surface area contributed by atoms with Crippen LogP contribution in [-0.4, -0.2) is 37.1 Å². The van der Waals surface area contributed by atoms with Gasteiger partial charge in [-0.3, -0.25) is 9.59 Å². The van der Waals surface area contributed by atoms with Gasteiger partial charge in [-0.1, -0.05) is 31.4 Å². The molecule has 1 saturated carbocycles. The Morgan fingerprint density at radius 2 is 1.73 bits per heavy atom. The monoisotopic (exact) mass is 359 g/mol. The second-order valence-electron chi connectivity index (χ2n) is 6.31. The molecular formula is C19H25N3O4. The summed E-state index contributed by atoms with van der Waals surface area (Å²) in [4.78, 5) is 34.9. The lowest BCUT2D eigenvalue weighted by Gasteiger charge is -2.22. The number of ether oxygens (including phenoxy) is 1. The van der Waals surface area contributed by atoms with Gasteiger partial charge in [0.05, 0.1) is 18.9 Å². The molecule has 1 aromatic carbocycles. The van der Waals surface area contributed by atoms with Crippen LogP contribution in [0.1, 0.15) is 60.9 Å². The van der Waals surface area contributed by atoms with Gasteiger partial charge in [0.15, 0.2) is 0 Å².